The van der Waals surface area contributed by atoms with Crippen LogP contribution in [0.4, 0.5) is 0 Å². The first-order chi connectivity index (χ1) is 20.5. The van der Waals surface area contributed by atoms with Crippen LogP contribution in [0, 0.1) is 6.92 Å². The molecule has 5 rings (SSSR count). The summed E-state index contributed by atoms with van der Waals surface area (Å²) in [5.74, 6) is -1.42. The van der Waals surface area contributed by atoms with Crippen molar-refractivity contribution in [1.29, 1.82) is 0 Å². The zero-order valence-electron chi connectivity index (χ0n) is 23.9. The Morgan fingerprint density at radius 3 is 2.35 bits per heavy atom. The van der Waals surface area contributed by atoms with E-state index in [1.54, 1.807) is 38.1 Å². The Bertz CT molecular complexity index is 1480. The molecule has 43 heavy (non-hydrogen) atoms. The van der Waals surface area contributed by atoms with Crippen LogP contribution in [0.25, 0.3) is 0 Å². The number of rotatable bonds is 5. The molecule has 0 saturated carbocycles. The molecule has 3 aromatic rings. The SMILES string of the molecule is COC(=O)[C@@H]1Cc2cc(Br)c(c(Br)c2)Oc2cc(cc(C)c2O)C[C@H](N)C(=O)N[C@@H](C(C)OCc2ccccc2)C(=O)N1. The molecular weight excluding hydrogens is 686 g/mol. The van der Waals surface area contributed by atoms with Gasteiger partial charge in [-0.2, -0.15) is 0 Å². The summed E-state index contributed by atoms with van der Waals surface area (Å²) in [7, 11) is 1.23. The monoisotopic (exact) mass is 717 g/mol. The summed E-state index contributed by atoms with van der Waals surface area (Å²) in [5, 5.41) is 16.2. The van der Waals surface area contributed by atoms with Gasteiger partial charge >= 0.3 is 5.97 Å². The number of aryl methyl sites for hydroxylation is 1. The highest BCUT2D eigenvalue weighted by Gasteiger charge is 2.33. The van der Waals surface area contributed by atoms with Crippen molar-refractivity contribution in [1.82, 2.24) is 10.6 Å². The standard InChI is InChI=1S/C31H33Br2N3O7/c1-16-9-19-12-23(34)29(38)36-26(17(2)42-15-18-7-5-4-6-8-18)30(39)35-24(31(40)41-3)13-20-10-21(32)28(22(33)11-20)43-25(14-19)27(16)37/h4-11,14,17,23-24,26,37H,12-13,15,34H2,1-3H3,(H,35,39)(H,36,38)/t17?,23-,24-,26-/m0/s1. The molecule has 12 heteroatoms. The number of carbonyl (C=O) groups excluding carboxylic acids is 3. The number of halogens is 2. The van der Waals surface area contributed by atoms with Gasteiger partial charge in [0.25, 0.3) is 0 Å². The summed E-state index contributed by atoms with van der Waals surface area (Å²) >= 11 is 7.04. The second kappa shape index (κ2) is 14.3. The van der Waals surface area contributed by atoms with Crippen molar-refractivity contribution in [2.24, 2.45) is 5.73 Å². The number of aromatic hydroxyl groups is 1. The van der Waals surface area contributed by atoms with Gasteiger partial charge < -0.3 is 35.7 Å². The molecule has 3 aromatic carbocycles. The van der Waals surface area contributed by atoms with Crippen LogP contribution in [0.2, 0.25) is 0 Å². The van der Waals surface area contributed by atoms with Gasteiger partial charge in [0, 0.05) is 6.42 Å². The topological polar surface area (TPSA) is 149 Å². The number of ether oxygens (including phenoxy) is 3. The number of fused-ring (bicyclic) bond motifs is 10. The number of hydrogen-bond donors (Lipinski definition) is 4. The molecule has 2 heterocycles. The van der Waals surface area contributed by atoms with Crippen molar-refractivity contribution < 1.29 is 33.7 Å². The van der Waals surface area contributed by atoms with Gasteiger partial charge in [-0.25, -0.2) is 4.79 Å². The van der Waals surface area contributed by atoms with E-state index >= 15 is 0 Å². The molecule has 0 fully saturated rings. The molecule has 4 bridgehead atoms. The van der Waals surface area contributed by atoms with Gasteiger partial charge in [-0.15, -0.1) is 0 Å². The molecule has 228 valence electrons. The Morgan fingerprint density at radius 2 is 1.70 bits per heavy atom. The molecule has 4 atom stereocenters. The van der Waals surface area contributed by atoms with Crippen molar-refractivity contribution in [3.8, 4) is 17.2 Å². The molecule has 5 N–H and O–H groups in total. The van der Waals surface area contributed by atoms with Gasteiger partial charge in [-0.1, -0.05) is 36.4 Å². The van der Waals surface area contributed by atoms with Gasteiger partial charge in [0.15, 0.2) is 17.2 Å². The predicted octanol–water partition coefficient (Wildman–Crippen LogP) is 4.19. The molecule has 0 spiro atoms. The molecule has 2 aliphatic heterocycles. The van der Waals surface area contributed by atoms with Crippen molar-refractivity contribution in [3.63, 3.8) is 0 Å². The highest BCUT2D eigenvalue weighted by atomic mass is 79.9. The lowest BCUT2D eigenvalue weighted by atomic mass is 10.0. The number of esters is 1. The molecule has 0 saturated heterocycles. The zero-order valence-corrected chi connectivity index (χ0v) is 27.0. The first-order valence-electron chi connectivity index (χ1n) is 13.5. The minimum absolute atomic E-state index is 0.0624. The number of carbonyl (C=O) groups is 3. The van der Waals surface area contributed by atoms with E-state index in [0.717, 1.165) is 5.56 Å². The van der Waals surface area contributed by atoms with Crippen molar-refractivity contribution in [3.05, 3.63) is 85.8 Å². The van der Waals surface area contributed by atoms with Crippen LogP contribution in [-0.2, 0) is 43.3 Å². The smallest absolute Gasteiger partial charge is 0.328 e. The average Bonchev–Trinajstić information content (AvgIpc) is 2.97. The predicted molar refractivity (Wildman–Crippen MR) is 167 cm³/mol. The van der Waals surface area contributed by atoms with Gasteiger partial charge in [-0.3, -0.25) is 9.59 Å². The minimum Gasteiger partial charge on any atom is -0.504 e. The van der Waals surface area contributed by atoms with E-state index in [2.05, 4.69) is 42.5 Å². The quantitative estimate of drug-likeness (QED) is 0.287. The first kappa shape index (κ1) is 32.5. The van der Waals surface area contributed by atoms with E-state index < -0.39 is 42.0 Å². The summed E-state index contributed by atoms with van der Waals surface area (Å²) in [4.78, 5) is 39.8. The third kappa shape index (κ3) is 8.14. The van der Waals surface area contributed by atoms with Crippen LogP contribution in [-0.4, -0.2) is 54.2 Å². The van der Waals surface area contributed by atoms with Crippen molar-refractivity contribution >= 4 is 49.6 Å². The van der Waals surface area contributed by atoms with E-state index in [1.807, 2.05) is 30.3 Å². The van der Waals surface area contributed by atoms with Crippen molar-refractivity contribution in [2.75, 3.05) is 7.11 Å². The summed E-state index contributed by atoms with van der Waals surface area (Å²) in [6, 6.07) is 12.9. The van der Waals surface area contributed by atoms with E-state index in [0.29, 0.717) is 31.4 Å². The normalized spacial score (nSPS) is 19.9. The van der Waals surface area contributed by atoms with Gasteiger partial charge in [0.1, 0.15) is 12.1 Å². The number of hydrogen-bond acceptors (Lipinski definition) is 8. The van der Waals surface area contributed by atoms with Crippen LogP contribution < -0.4 is 21.1 Å². The summed E-state index contributed by atoms with van der Waals surface area (Å²) in [5.41, 5.74) is 9.03. The molecular formula is C31H33Br2N3O7. The Balaban J connectivity index is 1.74. The van der Waals surface area contributed by atoms with E-state index in [9.17, 15) is 19.5 Å². The molecule has 2 amide bonds. The molecule has 10 nitrogen and oxygen atoms in total. The van der Waals surface area contributed by atoms with Crippen LogP contribution in [0.15, 0.2) is 63.5 Å². The molecule has 2 aliphatic rings. The number of phenols is 1. The molecule has 1 unspecified atom stereocenters. The fraction of sp³-hybridized carbons (Fsp3) is 0.323. The number of phenolic OH excluding ortho intramolecular Hbond substituents is 1. The maximum Gasteiger partial charge on any atom is 0.328 e. The average molecular weight is 719 g/mol. The van der Waals surface area contributed by atoms with E-state index in [1.165, 1.54) is 7.11 Å². The number of benzene rings is 3. The number of amides is 2. The Hall–Kier alpha value is -3.45. The number of nitrogens with one attached hydrogen (secondary N) is 2. The lowest BCUT2D eigenvalue weighted by Crippen LogP contribution is -2.59. The Morgan fingerprint density at radius 1 is 1.05 bits per heavy atom. The maximum atomic E-state index is 13.7. The fourth-order valence-electron chi connectivity index (χ4n) is 4.69. The molecule has 0 aromatic heterocycles. The van der Waals surface area contributed by atoms with E-state index in [4.69, 9.17) is 19.9 Å². The highest BCUT2D eigenvalue weighted by molar-refractivity contribution is 9.11. The third-order valence-corrected chi connectivity index (χ3v) is 8.21. The highest BCUT2D eigenvalue weighted by Crippen LogP contribution is 2.42. The maximum absolute atomic E-state index is 13.7. The lowest BCUT2D eigenvalue weighted by Gasteiger charge is -2.28. The second-order valence-corrected chi connectivity index (χ2v) is 12.0. The lowest BCUT2D eigenvalue weighted by molar-refractivity contribution is -0.146. The number of methoxy groups -OCH3 is 1. The molecule has 0 aliphatic carbocycles. The summed E-state index contributed by atoms with van der Waals surface area (Å²) in [6.07, 6.45) is -0.645. The van der Waals surface area contributed by atoms with Crippen LogP contribution in [0.3, 0.4) is 0 Å². The fourth-order valence-corrected chi connectivity index (χ4v) is 6.13. The largest absolute Gasteiger partial charge is 0.504 e. The van der Waals surface area contributed by atoms with Gasteiger partial charge in [-0.05, 0) is 92.6 Å². The Labute approximate surface area is 266 Å². The summed E-state index contributed by atoms with van der Waals surface area (Å²) in [6.45, 7) is 3.57. The van der Waals surface area contributed by atoms with Gasteiger partial charge in [0.05, 0.1) is 34.8 Å². The van der Waals surface area contributed by atoms with E-state index in [-0.39, 0.29) is 30.9 Å². The van der Waals surface area contributed by atoms with Crippen LogP contribution in [0.1, 0.15) is 29.2 Å². The van der Waals surface area contributed by atoms with Crippen LogP contribution in [0.5, 0.6) is 17.2 Å². The zero-order chi connectivity index (χ0) is 31.3. The minimum atomic E-state index is -1.19. The molecule has 0 radical (unpaired) electrons. The van der Waals surface area contributed by atoms with Crippen LogP contribution >= 0.6 is 31.9 Å². The Kier molecular flexibility index (Phi) is 10.8. The first-order valence-corrected chi connectivity index (χ1v) is 15.1. The number of nitrogens with two attached hydrogens (primary N) is 1. The third-order valence-electron chi connectivity index (χ3n) is 7.04. The van der Waals surface area contributed by atoms with Crippen molar-refractivity contribution in [2.45, 2.75) is 57.5 Å². The van der Waals surface area contributed by atoms with Gasteiger partial charge in [0.2, 0.25) is 11.8 Å². The summed E-state index contributed by atoms with van der Waals surface area (Å²) < 4.78 is 18.1. The second-order valence-electron chi connectivity index (χ2n) is 10.3.